The second kappa shape index (κ2) is 11.0. The number of nitrogens with one attached hydrogen (secondary N) is 2. The molecule has 0 unspecified atom stereocenters. The van der Waals surface area contributed by atoms with Crippen molar-refractivity contribution in [2.24, 2.45) is 5.10 Å². The summed E-state index contributed by atoms with van der Waals surface area (Å²) in [5, 5.41) is 7.31. The first-order chi connectivity index (χ1) is 15.5. The van der Waals surface area contributed by atoms with Gasteiger partial charge in [0.05, 0.1) is 30.5 Å². The number of ether oxygens (including phenoxy) is 2. The maximum Gasteiger partial charge on any atom is 0.345 e. The smallest absolute Gasteiger partial charge is 0.345 e. The van der Waals surface area contributed by atoms with Crippen LogP contribution in [0.5, 0.6) is 11.5 Å². The molecule has 164 valence electrons. The molecular formula is C24H22ClN3O4. The van der Waals surface area contributed by atoms with Gasteiger partial charge in [0, 0.05) is 5.69 Å². The average Bonchev–Trinajstić information content (AvgIpc) is 2.79. The lowest BCUT2D eigenvalue weighted by atomic mass is 10.2. The Balaban J connectivity index is 1.58. The number of anilines is 1. The van der Waals surface area contributed by atoms with E-state index in [9.17, 15) is 9.59 Å². The zero-order chi connectivity index (χ0) is 22.9. The van der Waals surface area contributed by atoms with Crippen LogP contribution in [-0.2, 0) is 4.79 Å². The van der Waals surface area contributed by atoms with E-state index in [0.717, 1.165) is 11.3 Å². The predicted octanol–water partition coefficient (Wildman–Crippen LogP) is 4.44. The van der Waals surface area contributed by atoms with Crippen molar-refractivity contribution in [3.8, 4) is 11.5 Å². The highest BCUT2D eigenvalue weighted by molar-refractivity contribution is 6.33. The van der Waals surface area contributed by atoms with Crippen molar-refractivity contribution in [3.05, 3.63) is 88.4 Å². The largest absolute Gasteiger partial charge is 0.493 e. The maximum atomic E-state index is 12.4. The molecule has 1 amide bonds. The first kappa shape index (κ1) is 22.8. The molecule has 2 N–H and O–H groups in total. The summed E-state index contributed by atoms with van der Waals surface area (Å²) in [6, 6.07) is 19.2. The Morgan fingerprint density at radius 1 is 1.03 bits per heavy atom. The summed E-state index contributed by atoms with van der Waals surface area (Å²) in [6.07, 6.45) is 1.47. The molecule has 0 aliphatic rings. The van der Waals surface area contributed by atoms with Gasteiger partial charge in [0.25, 0.3) is 5.91 Å². The van der Waals surface area contributed by atoms with Crippen LogP contribution in [-0.4, -0.2) is 31.7 Å². The number of hydrogen-bond acceptors (Lipinski definition) is 6. The van der Waals surface area contributed by atoms with Gasteiger partial charge in [-0.15, -0.1) is 0 Å². The minimum absolute atomic E-state index is 0.0858. The number of amides is 1. The number of carbonyl (C=O) groups excluding carboxylic acids is 2. The standard InChI is InChI=1S/C24H22ClN3O4/c1-16-7-3-6-10-20(16)26-15-23(29)28-27-14-17-11-12-21(22(13-17)31-2)32-24(30)18-8-4-5-9-19(18)25/h3-14,26H,15H2,1-2H3,(H,28,29)/b27-14+. The second-order valence-corrected chi connectivity index (χ2v) is 7.15. The summed E-state index contributed by atoms with van der Waals surface area (Å²) >= 11 is 6.04. The number of rotatable bonds is 8. The van der Waals surface area contributed by atoms with Crippen LogP contribution >= 0.6 is 11.6 Å². The molecule has 0 atom stereocenters. The molecule has 0 fully saturated rings. The van der Waals surface area contributed by atoms with Crippen LogP contribution in [0.4, 0.5) is 5.69 Å². The predicted molar refractivity (Wildman–Crippen MR) is 125 cm³/mol. The minimum atomic E-state index is -0.594. The Labute approximate surface area is 191 Å². The zero-order valence-corrected chi connectivity index (χ0v) is 18.3. The summed E-state index contributed by atoms with van der Waals surface area (Å²) in [4.78, 5) is 24.4. The molecule has 0 aromatic heterocycles. The molecule has 0 radical (unpaired) electrons. The van der Waals surface area contributed by atoms with E-state index in [-0.39, 0.29) is 23.8 Å². The van der Waals surface area contributed by atoms with Crippen LogP contribution in [0.25, 0.3) is 0 Å². The summed E-state index contributed by atoms with van der Waals surface area (Å²) in [7, 11) is 1.46. The molecular weight excluding hydrogens is 430 g/mol. The van der Waals surface area contributed by atoms with Gasteiger partial charge in [-0.25, -0.2) is 10.2 Å². The van der Waals surface area contributed by atoms with E-state index in [1.54, 1.807) is 42.5 Å². The molecule has 0 aliphatic heterocycles. The molecule has 0 spiro atoms. The van der Waals surface area contributed by atoms with Gasteiger partial charge in [0.1, 0.15) is 0 Å². The fourth-order valence-corrected chi connectivity index (χ4v) is 3.01. The number of methoxy groups -OCH3 is 1. The second-order valence-electron chi connectivity index (χ2n) is 6.74. The quantitative estimate of drug-likeness (QED) is 0.229. The fraction of sp³-hybridized carbons (Fsp3) is 0.125. The van der Waals surface area contributed by atoms with Crippen LogP contribution in [0.2, 0.25) is 5.02 Å². The molecule has 32 heavy (non-hydrogen) atoms. The van der Waals surface area contributed by atoms with Crippen molar-refractivity contribution in [2.75, 3.05) is 19.0 Å². The molecule has 0 aliphatic carbocycles. The summed E-state index contributed by atoms with van der Waals surface area (Å²) in [5.41, 5.74) is 5.29. The molecule has 8 heteroatoms. The normalized spacial score (nSPS) is 10.6. The highest BCUT2D eigenvalue weighted by atomic mass is 35.5. The van der Waals surface area contributed by atoms with E-state index < -0.39 is 5.97 Å². The maximum absolute atomic E-state index is 12.4. The third kappa shape index (κ3) is 6.09. The Kier molecular flexibility index (Phi) is 7.83. The van der Waals surface area contributed by atoms with E-state index in [2.05, 4.69) is 15.8 Å². The lowest BCUT2D eigenvalue weighted by Gasteiger charge is -2.10. The van der Waals surface area contributed by atoms with E-state index in [0.29, 0.717) is 16.3 Å². The van der Waals surface area contributed by atoms with Crippen molar-refractivity contribution in [3.63, 3.8) is 0 Å². The molecule has 3 rings (SSSR count). The SMILES string of the molecule is COc1cc(/C=N/NC(=O)CNc2ccccc2C)ccc1OC(=O)c1ccccc1Cl. The first-order valence-electron chi connectivity index (χ1n) is 9.74. The van der Waals surface area contributed by atoms with Crippen molar-refractivity contribution in [2.45, 2.75) is 6.92 Å². The Hall–Kier alpha value is -3.84. The van der Waals surface area contributed by atoms with Crippen LogP contribution < -0.4 is 20.2 Å². The van der Waals surface area contributed by atoms with E-state index in [4.69, 9.17) is 21.1 Å². The van der Waals surface area contributed by atoms with Crippen LogP contribution in [0.3, 0.4) is 0 Å². The van der Waals surface area contributed by atoms with Crippen molar-refractivity contribution in [1.82, 2.24) is 5.43 Å². The number of esters is 1. The fourth-order valence-electron chi connectivity index (χ4n) is 2.80. The number of benzene rings is 3. The Morgan fingerprint density at radius 3 is 2.53 bits per heavy atom. The first-order valence-corrected chi connectivity index (χ1v) is 10.1. The number of carbonyl (C=O) groups is 2. The highest BCUT2D eigenvalue weighted by Crippen LogP contribution is 2.29. The molecule has 0 heterocycles. The van der Waals surface area contributed by atoms with E-state index in [1.807, 2.05) is 31.2 Å². The van der Waals surface area contributed by atoms with Gasteiger partial charge in [-0.05, 0) is 54.4 Å². The van der Waals surface area contributed by atoms with Crippen molar-refractivity contribution >= 4 is 35.4 Å². The van der Waals surface area contributed by atoms with Gasteiger partial charge in [0.2, 0.25) is 0 Å². The van der Waals surface area contributed by atoms with E-state index in [1.165, 1.54) is 13.3 Å². The zero-order valence-electron chi connectivity index (χ0n) is 17.6. The van der Waals surface area contributed by atoms with E-state index >= 15 is 0 Å². The minimum Gasteiger partial charge on any atom is -0.493 e. The average molecular weight is 452 g/mol. The van der Waals surface area contributed by atoms with Gasteiger partial charge in [-0.1, -0.05) is 41.9 Å². The molecule has 3 aromatic carbocycles. The monoisotopic (exact) mass is 451 g/mol. The van der Waals surface area contributed by atoms with Gasteiger partial charge in [-0.3, -0.25) is 4.79 Å². The molecule has 0 saturated heterocycles. The molecule has 7 nitrogen and oxygen atoms in total. The Morgan fingerprint density at radius 2 is 1.78 bits per heavy atom. The van der Waals surface area contributed by atoms with Gasteiger partial charge < -0.3 is 14.8 Å². The molecule has 0 saturated carbocycles. The third-order valence-corrected chi connectivity index (χ3v) is 4.80. The topological polar surface area (TPSA) is 89.0 Å². The third-order valence-electron chi connectivity index (χ3n) is 4.47. The summed E-state index contributed by atoms with van der Waals surface area (Å²) < 4.78 is 10.7. The summed E-state index contributed by atoms with van der Waals surface area (Å²) in [5.74, 6) is -0.312. The number of aryl methyl sites for hydroxylation is 1. The van der Waals surface area contributed by atoms with Crippen molar-refractivity contribution < 1.29 is 19.1 Å². The number of halogens is 1. The Bertz CT molecular complexity index is 1150. The van der Waals surface area contributed by atoms with Crippen molar-refractivity contribution in [1.29, 1.82) is 0 Å². The van der Waals surface area contributed by atoms with Gasteiger partial charge >= 0.3 is 5.97 Å². The lowest BCUT2D eigenvalue weighted by Crippen LogP contribution is -2.26. The number of nitrogens with zero attached hydrogens (tertiary/aromatic N) is 1. The van der Waals surface area contributed by atoms with Crippen LogP contribution in [0, 0.1) is 6.92 Å². The number of para-hydroxylation sites is 1. The van der Waals surface area contributed by atoms with Crippen LogP contribution in [0.15, 0.2) is 71.8 Å². The van der Waals surface area contributed by atoms with Gasteiger partial charge in [0.15, 0.2) is 11.5 Å². The lowest BCUT2D eigenvalue weighted by molar-refractivity contribution is -0.119. The van der Waals surface area contributed by atoms with Gasteiger partial charge in [-0.2, -0.15) is 5.10 Å². The summed E-state index contributed by atoms with van der Waals surface area (Å²) in [6.45, 7) is 2.05. The number of hydrogen-bond donors (Lipinski definition) is 2. The van der Waals surface area contributed by atoms with Crippen LogP contribution in [0.1, 0.15) is 21.5 Å². The highest BCUT2D eigenvalue weighted by Gasteiger charge is 2.15. The number of hydrazone groups is 1. The molecule has 3 aromatic rings. The molecule has 0 bridgehead atoms.